The van der Waals surface area contributed by atoms with E-state index in [1.807, 2.05) is 56.3 Å². The Bertz CT molecular complexity index is 1460. The number of sulfonamides is 1. The normalized spacial score (nSPS) is 14.5. The molecule has 4 rings (SSSR count). The van der Waals surface area contributed by atoms with Gasteiger partial charge in [-0.1, -0.05) is 87.4 Å². The van der Waals surface area contributed by atoms with Crippen LogP contribution in [-0.4, -0.2) is 50.0 Å². The number of hydrogen-bond acceptors (Lipinski definition) is 4. The average Bonchev–Trinajstić information content (AvgIpc) is 3.47. The standard InChI is InChI=1S/C33H40FN3O4S/c1-24(2)26-17-19-29(20-18-26)37(42(3,40)41)23-32(38)36(22-27-13-7-10-16-30(27)34)31(21-25-11-5-4-6-12-25)33(39)35-28-14-8-9-15-28/h4-7,10-13,16-20,24,28,31H,8-9,14-15,21-23H2,1-3H3,(H,35,39)/t31-/m0/s1. The molecule has 0 bridgehead atoms. The van der Waals surface area contributed by atoms with Gasteiger partial charge in [-0.15, -0.1) is 0 Å². The number of amides is 2. The second-order valence-corrected chi connectivity index (χ2v) is 13.2. The summed E-state index contributed by atoms with van der Waals surface area (Å²) >= 11 is 0. The van der Waals surface area contributed by atoms with Crippen LogP contribution >= 0.6 is 0 Å². The Morgan fingerprint density at radius 2 is 1.55 bits per heavy atom. The van der Waals surface area contributed by atoms with E-state index in [1.54, 1.807) is 30.3 Å². The molecule has 0 saturated heterocycles. The lowest BCUT2D eigenvalue weighted by Gasteiger charge is -2.34. The summed E-state index contributed by atoms with van der Waals surface area (Å²) in [6.45, 7) is 3.36. The van der Waals surface area contributed by atoms with Crippen LogP contribution in [0.15, 0.2) is 78.9 Å². The van der Waals surface area contributed by atoms with Gasteiger partial charge in [0.2, 0.25) is 21.8 Å². The number of benzene rings is 3. The molecule has 224 valence electrons. The average molecular weight is 594 g/mol. The summed E-state index contributed by atoms with van der Waals surface area (Å²) in [7, 11) is -3.87. The molecule has 1 fully saturated rings. The van der Waals surface area contributed by atoms with Crippen LogP contribution in [0.3, 0.4) is 0 Å². The fourth-order valence-electron chi connectivity index (χ4n) is 5.37. The van der Waals surface area contributed by atoms with Gasteiger partial charge in [0.1, 0.15) is 18.4 Å². The number of hydrogen-bond donors (Lipinski definition) is 1. The number of anilines is 1. The predicted molar refractivity (Wildman–Crippen MR) is 164 cm³/mol. The Morgan fingerprint density at radius 1 is 0.929 bits per heavy atom. The summed E-state index contributed by atoms with van der Waals surface area (Å²) in [5, 5.41) is 3.11. The van der Waals surface area contributed by atoms with Crippen LogP contribution in [0.25, 0.3) is 0 Å². The van der Waals surface area contributed by atoms with Crippen molar-refractivity contribution >= 4 is 27.5 Å². The minimum atomic E-state index is -3.87. The van der Waals surface area contributed by atoms with Crippen molar-refractivity contribution < 1.29 is 22.4 Å². The van der Waals surface area contributed by atoms with Crippen LogP contribution in [0.4, 0.5) is 10.1 Å². The third-order valence-corrected chi connectivity index (χ3v) is 8.94. The van der Waals surface area contributed by atoms with Crippen molar-refractivity contribution in [2.45, 2.75) is 70.5 Å². The molecule has 1 aliphatic rings. The number of carbonyl (C=O) groups excluding carboxylic acids is 2. The minimum Gasteiger partial charge on any atom is -0.352 e. The second kappa shape index (κ2) is 14.0. The monoisotopic (exact) mass is 593 g/mol. The van der Waals surface area contributed by atoms with E-state index in [0.29, 0.717) is 5.69 Å². The maximum atomic E-state index is 14.9. The quantitative estimate of drug-likeness (QED) is 0.304. The van der Waals surface area contributed by atoms with Gasteiger partial charge < -0.3 is 10.2 Å². The van der Waals surface area contributed by atoms with Gasteiger partial charge >= 0.3 is 0 Å². The van der Waals surface area contributed by atoms with E-state index in [-0.39, 0.29) is 36.4 Å². The molecule has 0 spiro atoms. The maximum Gasteiger partial charge on any atom is 0.244 e. The highest BCUT2D eigenvalue weighted by atomic mass is 32.2. The summed E-state index contributed by atoms with van der Waals surface area (Å²) in [5.41, 5.74) is 2.45. The van der Waals surface area contributed by atoms with Crippen molar-refractivity contribution in [1.29, 1.82) is 0 Å². The lowest BCUT2D eigenvalue weighted by Crippen LogP contribution is -2.54. The summed E-state index contributed by atoms with van der Waals surface area (Å²) in [6.07, 6.45) is 5.00. The van der Waals surface area contributed by atoms with Crippen LogP contribution in [0, 0.1) is 5.82 Å². The largest absolute Gasteiger partial charge is 0.352 e. The van der Waals surface area contributed by atoms with Gasteiger partial charge in [0, 0.05) is 24.6 Å². The lowest BCUT2D eigenvalue weighted by molar-refractivity contribution is -0.140. The first-order valence-electron chi connectivity index (χ1n) is 14.5. The van der Waals surface area contributed by atoms with Crippen LogP contribution in [0.2, 0.25) is 0 Å². The number of halogens is 1. The van der Waals surface area contributed by atoms with Crippen molar-refractivity contribution in [3.05, 3.63) is 101 Å². The maximum absolute atomic E-state index is 14.9. The molecule has 0 unspecified atom stereocenters. The Balaban J connectivity index is 1.72. The molecule has 2 amide bonds. The van der Waals surface area contributed by atoms with E-state index < -0.39 is 34.3 Å². The fourth-order valence-corrected chi connectivity index (χ4v) is 6.22. The second-order valence-electron chi connectivity index (χ2n) is 11.3. The molecule has 1 atom stereocenters. The van der Waals surface area contributed by atoms with E-state index in [0.717, 1.165) is 47.4 Å². The molecular formula is C33H40FN3O4S. The van der Waals surface area contributed by atoms with Gasteiger partial charge in [0.15, 0.2) is 0 Å². The molecule has 0 heterocycles. The predicted octanol–water partition coefficient (Wildman–Crippen LogP) is 5.41. The van der Waals surface area contributed by atoms with Crippen molar-refractivity contribution in [1.82, 2.24) is 10.2 Å². The topological polar surface area (TPSA) is 86.8 Å². The first-order valence-corrected chi connectivity index (χ1v) is 16.3. The summed E-state index contributed by atoms with van der Waals surface area (Å²) in [4.78, 5) is 29.3. The Kier molecular flexibility index (Phi) is 10.4. The van der Waals surface area contributed by atoms with Crippen LogP contribution in [0.1, 0.15) is 62.1 Å². The Morgan fingerprint density at radius 3 is 2.14 bits per heavy atom. The first-order chi connectivity index (χ1) is 20.0. The third-order valence-electron chi connectivity index (χ3n) is 7.80. The molecule has 0 aliphatic heterocycles. The third kappa shape index (κ3) is 8.18. The SMILES string of the molecule is CC(C)c1ccc(N(CC(=O)N(Cc2ccccc2F)[C@@H](Cc2ccccc2)C(=O)NC2CCCC2)S(C)(=O)=O)cc1. The zero-order chi connectivity index (χ0) is 30.3. The molecular weight excluding hydrogens is 553 g/mol. The van der Waals surface area contributed by atoms with Gasteiger partial charge in [0.25, 0.3) is 0 Å². The van der Waals surface area contributed by atoms with E-state index >= 15 is 0 Å². The van der Waals surface area contributed by atoms with Crippen LogP contribution in [-0.2, 0) is 32.6 Å². The summed E-state index contributed by atoms with van der Waals surface area (Å²) < 4.78 is 41.9. The van der Waals surface area contributed by atoms with E-state index in [2.05, 4.69) is 5.32 Å². The molecule has 3 aromatic carbocycles. The number of carbonyl (C=O) groups is 2. The summed E-state index contributed by atoms with van der Waals surface area (Å²) in [5.74, 6) is -1.18. The van der Waals surface area contributed by atoms with Gasteiger partial charge in [-0.25, -0.2) is 12.8 Å². The lowest BCUT2D eigenvalue weighted by atomic mass is 10.0. The molecule has 9 heteroatoms. The molecule has 1 N–H and O–H groups in total. The van der Waals surface area contributed by atoms with Gasteiger partial charge in [0.05, 0.1) is 11.9 Å². The Hall–Kier alpha value is -3.72. The molecule has 7 nitrogen and oxygen atoms in total. The number of nitrogens with zero attached hydrogens (tertiary/aromatic N) is 2. The van der Waals surface area contributed by atoms with Crippen molar-refractivity contribution in [3.63, 3.8) is 0 Å². The van der Waals surface area contributed by atoms with E-state index in [1.165, 1.54) is 11.0 Å². The molecule has 1 saturated carbocycles. The van der Waals surface area contributed by atoms with Crippen LogP contribution < -0.4 is 9.62 Å². The van der Waals surface area contributed by atoms with E-state index in [4.69, 9.17) is 0 Å². The van der Waals surface area contributed by atoms with Crippen LogP contribution in [0.5, 0.6) is 0 Å². The smallest absolute Gasteiger partial charge is 0.244 e. The van der Waals surface area contributed by atoms with Crippen molar-refractivity contribution in [2.24, 2.45) is 0 Å². The van der Waals surface area contributed by atoms with Gasteiger partial charge in [-0.3, -0.25) is 13.9 Å². The zero-order valence-corrected chi connectivity index (χ0v) is 25.3. The molecule has 3 aromatic rings. The van der Waals surface area contributed by atoms with Gasteiger partial charge in [-0.05, 0) is 48.1 Å². The van der Waals surface area contributed by atoms with Gasteiger partial charge in [-0.2, -0.15) is 0 Å². The molecule has 1 aliphatic carbocycles. The number of nitrogens with one attached hydrogen (secondary N) is 1. The van der Waals surface area contributed by atoms with Crippen molar-refractivity contribution in [2.75, 3.05) is 17.1 Å². The fraction of sp³-hybridized carbons (Fsp3) is 0.394. The zero-order valence-electron chi connectivity index (χ0n) is 24.5. The molecule has 0 radical (unpaired) electrons. The number of rotatable bonds is 12. The minimum absolute atomic E-state index is 0.00757. The highest BCUT2D eigenvalue weighted by Crippen LogP contribution is 2.24. The van der Waals surface area contributed by atoms with Crippen molar-refractivity contribution in [3.8, 4) is 0 Å². The highest BCUT2D eigenvalue weighted by Gasteiger charge is 2.34. The summed E-state index contributed by atoms with van der Waals surface area (Å²) in [6, 6.07) is 21.5. The van der Waals surface area contributed by atoms with E-state index in [9.17, 15) is 22.4 Å². The molecule has 42 heavy (non-hydrogen) atoms. The highest BCUT2D eigenvalue weighted by molar-refractivity contribution is 7.92. The molecule has 0 aromatic heterocycles. The Labute approximate surface area is 248 Å². The first kappa shape index (κ1) is 31.2.